The molecule has 4 rings (SSSR count). The molecule has 8 heteroatoms. The molecule has 2 aliphatic rings. The summed E-state index contributed by atoms with van der Waals surface area (Å²) in [7, 11) is 1.72. The van der Waals surface area contributed by atoms with Crippen LogP contribution >= 0.6 is 0 Å². The van der Waals surface area contributed by atoms with Crippen molar-refractivity contribution in [2.75, 3.05) is 18.5 Å². The first-order valence-electron chi connectivity index (χ1n) is 12.1. The minimum Gasteiger partial charge on any atom is -0.444 e. The van der Waals surface area contributed by atoms with Crippen molar-refractivity contribution in [1.29, 1.82) is 0 Å². The molecule has 1 unspecified atom stereocenters. The van der Waals surface area contributed by atoms with Gasteiger partial charge in [0.05, 0.1) is 12.7 Å². The molecule has 3 atom stereocenters. The van der Waals surface area contributed by atoms with E-state index in [1.54, 1.807) is 18.9 Å². The number of nitrogens with two attached hydrogens (primary N) is 1. The molecule has 1 saturated carbocycles. The van der Waals surface area contributed by atoms with Crippen LogP contribution in [0.4, 0.5) is 10.5 Å². The summed E-state index contributed by atoms with van der Waals surface area (Å²) in [6.07, 6.45) is 5.78. The van der Waals surface area contributed by atoms with Crippen molar-refractivity contribution in [3.05, 3.63) is 36.2 Å². The minimum absolute atomic E-state index is 0.0755. The van der Waals surface area contributed by atoms with Gasteiger partial charge in [0.25, 0.3) is 0 Å². The van der Waals surface area contributed by atoms with Gasteiger partial charge in [0, 0.05) is 50.0 Å². The van der Waals surface area contributed by atoms with E-state index < -0.39 is 5.60 Å². The van der Waals surface area contributed by atoms with Gasteiger partial charge in [-0.2, -0.15) is 5.10 Å². The van der Waals surface area contributed by atoms with Crippen molar-refractivity contribution >= 4 is 17.7 Å². The molecule has 2 amide bonds. The molecule has 1 fully saturated rings. The van der Waals surface area contributed by atoms with Gasteiger partial charge in [-0.15, -0.1) is 0 Å². The van der Waals surface area contributed by atoms with Crippen LogP contribution in [0.3, 0.4) is 0 Å². The maximum absolute atomic E-state index is 12.6. The van der Waals surface area contributed by atoms with E-state index in [1.165, 1.54) is 12.8 Å². The number of carbonyl (C=O) groups is 2. The molecule has 1 aliphatic carbocycles. The minimum atomic E-state index is -0.522. The smallest absolute Gasteiger partial charge is 0.410 e. The van der Waals surface area contributed by atoms with E-state index >= 15 is 0 Å². The molecule has 2 aromatic rings. The Kier molecular flexibility index (Phi) is 6.46. The van der Waals surface area contributed by atoms with Crippen molar-refractivity contribution < 1.29 is 14.3 Å². The number of amides is 2. The van der Waals surface area contributed by atoms with E-state index in [9.17, 15) is 9.59 Å². The Morgan fingerprint density at radius 2 is 1.94 bits per heavy atom. The Labute approximate surface area is 202 Å². The number of anilines is 1. The van der Waals surface area contributed by atoms with Crippen LogP contribution in [0.2, 0.25) is 0 Å². The standard InChI is InChI=1S/C26H37N5O3/c1-16-23(27)21-13-19(9-10-22(21)31(17(2)32)24(16)18-7-8-18)20-14-28-30(15-20)12-11-29(6)25(33)34-26(3,4)5/h9-10,13-16,18,23-24H,7-8,11-12,27H2,1-6H3/t16-,23-,24?/m1/s1. The van der Waals surface area contributed by atoms with Crippen molar-refractivity contribution in [2.45, 2.75) is 71.7 Å². The van der Waals surface area contributed by atoms with Gasteiger partial charge in [-0.25, -0.2) is 4.79 Å². The van der Waals surface area contributed by atoms with Gasteiger partial charge in [0.1, 0.15) is 5.60 Å². The molecule has 34 heavy (non-hydrogen) atoms. The van der Waals surface area contributed by atoms with Crippen molar-refractivity contribution in [3.8, 4) is 11.1 Å². The molecule has 1 aromatic heterocycles. The van der Waals surface area contributed by atoms with Gasteiger partial charge in [-0.3, -0.25) is 9.48 Å². The average molecular weight is 468 g/mol. The van der Waals surface area contributed by atoms with E-state index in [0.29, 0.717) is 19.0 Å². The molecule has 2 N–H and O–H groups in total. The second-order valence-electron chi connectivity index (χ2n) is 10.8. The molecular weight excluding hydrogens is 430 g/mol. The third-order valence-electron chi connectivity index (χ3n) is 6.83. The number of likely N-dealkylation sites (N-methyl/N-ethyl adjacent to an activating group) is 1. The molecule has 0 saturated heterocycles. The molecule has 2 heterocycles. The first-order valence-corrected chi connectivity index (χ1v) is 12.1. The molecule has 0 spiro atoms. The van der Waals surface area contributed by atoms with Crippen LogP contribution in [0.15, 0.2) is 30.6 Å². The molecule has 0 radical (unpaired) electrons. The maximum Gasteiger partial charge on any atom is 0.410 e. The van der Waals surface area contributed by atoms with Crippen LogP contribution in [-0.2, 0) is 16.1 Å². The summed E-state index contributed by atoms with van der Waals surface area (Å²) in [6.45, 7) is 10.4. The number of aromatic nitrogens is 2. The number of carbonyl (C=O) groups excluding carboxylic acids is 2. The van der Waals surface area contributed by atoms with E-state index in [1.807, 2.05) is 54.9 Å². The SMILES string of the molecule is CC(=O)N1c2ccc(-c3cnn(CCN(C)C(=O)OC(C)(C)C)c3)cc2[C@H](N)[C@@H](C)C1C1CC1. The van der Waals surface area contributed by atoms with E-state index in [4.69, 9.17) is 10.5 Å². The topological polar surface area (TPSA) is 93.7 Å². The largest absolute Gasteiger partial charge is 0.444 e. The summed E-state index contributed by atoms with van der Waals surface area (Å²) in [5.41, 5.74) is 10.1. The van der Waals surface area contributed by atoms with E-state index in [2.05, 4.69) is 18.1 Å². The Bertz CT molecular complexity index is 1070. The average Bonchev–Trinajstić information content (AvgIpc) is 3.49. The molecular formula is C26H37N5O3. The van der Waals surface area contributed by atoms with E-state index in [0.717, 1.165) is 22.4 Å². The lowest BCUT2D eigenvalue weighted by molar-refractivity contribution is -0.117. The highest BCUT2D eigenvalue weighted by Crippen LogP contribution is 2.49. The Morgan fingerprint density at radius 1 is 1.24 bits per heavy atom. The number of hydrogen-bond donors (Lipinski definition) is 1. The summed E-state index contributed by atoms with van der Waals surface area (Å²) in [5.74, 6) is 0.826. The number of ether oxygens (including phenoxy) is 1. The third kappa shape index (κ3) is 4.97. The van der Waals surface area contributed by atoms with Crippen molar-refractivity contribution in [2.24, 2.45) is 17.6 Å². The highest BCUT2D eigenvalue weighted by molar-refractivity contribution is 5.94. The maximum atomic E-state index is 12.6. The van der Waals surface area contributed by atoms with Gasteiger partial charge < -0.3 is 20.3 Å². The summed E-state index contributed by atoms with van der Waals surface area (Å²) in [5, 5.41) is 4.47. The Balaban J connectivity index is 1.50. The predicted octanol–water partition coefficient (Wildman–Crippen LogP) is 4.20. The Morgan fingerprint density at radius 3 is 2.56 bits per heavy atom. The van der Waals surface area contributed by atoms with Crippen LogP contribution in [0.1, 0.15) is 59.1 Å². The first-order chi connectivity index (χ1) is 16.0. The van der Waals surface area contributed by atoms with Crippen LogP contribution in [-0.4, -0.2) is 51.9 Å². The number of hydrogen-bond acceptors (Lipinski definition) is 5. The normalized spacial score (nSPS) is 22.3. The zero-order valence-corrected chi connectivity index (χ0v) is 21.1. The first kappa shape index (κ1) is 24.3. The lowest BCUT2D eigenvalue weighted by Crippen LogP contribution is -2.51. The molecule has 0 bridgehead atoms. The van der Waals surface area contributed by atoms with Gasteiger partial charge in [0.2, 0.25) is 5.91 Å². The summed E-state index contributed by atoms with van der Waals surface area (Å²) in [6, 6.07) is 6.23. The molecule has 184 valence electrons. The highest BCUT2D eigenvalue weighted by atomic mass is 16.6. The van der Waals surface area contributed by atoms with Gasteiger partial charge in [-0.05, 0) is 68.7 Å². The molecule has 1 aliphatic heterocycles. The van der Waals surface area contributed by atoms with E-state index in [-0.39, 0.29) is 30.0 Å². The summed E-state index contributed by atoms with van der Waals surface area (Å²) < 4.78 is 7.23. The fraction of sp³-hybridized carbons (Fsp3) is 0.577. The number of nitrogens with zero attached hydrogens (tertiary/aromatic N) is 4. The lowest BCUT2D eigenvalue weighted by Gasteiger charge is -2.44. The Hall–Kier alpha value is -2.87. The fourth-order valence-electron chi connectivity index (χ4n) is 4.89. The molecule has 1 aromatic carbocycles. The monoisotopic (exact) mass is 467 g/mol. The zero-order chi connectivity index (χ0) is 24.8. The predicted molar refractivity (Wildman–Crippen MR) is 132 cm³/mol. The summed E-state index contributed by atoms with van der Waals surface area (Å²) >= 11 is 0. The van der Waals surface area contributed by atoms with Crippen molar-refractivity contribution in [3.63, 3.8) is 0 Å². The number of benzene rings is 1. The third-order valence-corrected chi connectivity index (χ3v) is 6.83. The van der Waals surface area contributed by atoms with Crippen LogP contribution in [0.5, 0.6) is 0 Å². The number of rotatable bonds is 5. The fourth-order valence-corrected chi connectivity index (χ4v) is 4.89. The van der Waals surface area contributed by atoms with Crippen LogP contribution < -0.4 is 10.6 Å². The second kappa shape index (κ2) is 9.06. The van der Waals surface area contributed by atoms with Crippen molar-refractivity contribution in [1.82, 2.24) is 14.7 Å². The lowest BCUT2D eigenvalue weighted by atomic mass is 9.80. The quantitative estimate of drug-likeness (QED) is 0.711. The highest BCUT2D eigenvalue weighted by Gasteiger charge is 2.46. The number of fused-ring (bicyclic) bond motifs is 1. The van der Waals surface area contributed by atoms with Gasteiger partial charge in [0.15, 0.2) is 0 Å². The molecule has 8 nitrogen and oxygen atoms in total. The van der Waals surface area contributed by atoms with Crippen LogP contribution in [0.25, 0.3) is 11.1 Å². The van der Waals surface area contributed by atoms with Gasteiger partial charge in [-0.1, -0.05) is 13.0 Å². The summed E-state index contributed by atoms with van der Waals surface area (Å²) in [4.78, 5) is 28.3. The second-order valence-corrected chi connectivity index (χ2v) is 10.8. The van der Waals surface area contributed by atoms with Crippen LogP contribution in [0, 0.1) is 11.8 Å². The van der Waals surface area contributed by atoms with Gasteiger partial charge >= 0.3 is 6.09 Å². The zero-order valence-electron chi connectivity index (χ0n) is 21.1.